The third-order valence-corrected chi connectivity index (χ3v) is 2.04. The van der Waals surface area contributed by atoms with Crippen molar-refractivity contribution in [1.29, 1.82) is 0 Å². The maximum atomic E-state index is 4.02. The quantitative estimate of drug-likeness (QED) is 0.712. The summed E-state index contributed by atoms with van der Waals surface area (Å²) in [5, 5.41) is 0. The van der Waals surface area contributed by atoms with E-state index in [-0.39, 0.29) is 0 Å². The average molecular weight is 174 g/mol. The normalized spacial score (nSPS) is 10.2. The van der Waals surface area contributed by atoms with Gasteiger partial charge in [0.1, 0.15) is 6.54 Å². The van der Waals surface area contributed by atoms with Crippen LogP contribution in [0.1, 0.15) is 5.56 Å². The Bertz CT molecular complexity index is 379. The topological polar surface area (TPSA) is 45.5 Å². The van der Waals surface area contributed by atoms with Crippen LogP contribution in [0, 0.1) is 0 Å². The van der Waals surface area contributed by atoms with E-state index < -0.39 is 0 Å². The molecule has 0 aliphatic rings. The highest BCUT2D eigenvalue weighted by Crippen LogP contribution is 2.12. The summed E-state index contributed by atoms with van der Waals surface area (Å²) < 4.78 is 2.00. The molecule has 0 amide bonds. The lowest BCUT2D eigenvalue weighted by molar-refractivity contribution is -0.386. The van der Waals surface area contributed by atoms with Crippen molar-refractivity contribution >= 4 is 0 Å². The first kappa shape index (κ1) is 8.01. The zero-order valence-electron chi connectivity index (χ0n) is 7.35. The molecule has 0 aliphatic carbocycles. The average Bonchev–Trinajstić information content (AvgIpc) is 2.70. The predicted molar refractivity (Wildman–Crippen MR) is 50.2 cm³/mol. The minimum atomic E-state index is 0.800. The molecule has 0 spiro atoms. The molecule has 3 N–H and O–H groups in total. The summed E-state index contributed by atoms with van der Waals surface area (Å²) in [6, 6.07) is 8.21. The van der Waals surface area contributed by atoms with Crippen molar-refractivity contribution in [2.24, 2.45) is 0 Å². The molecule has 3 nitrogen and oxygen atoms in total. The lowest BCUT2D eigenvalue weighted by Gasteiger charge is -2.05. The molecular weight excluding hydrogens is 162 g/mol. The second-order valence-corrected chi connectivity index (χ2v) is 2.85. The van der Waals surface area contributed by atoms with Gasteiger partial charge in [-0.2, -0.15) is 0 Å². The number of nitrogens with zero attached hydrogens (tertiary/aromatic N) is 2. The number of para-hydroxylation sites is 1. The summed E-state index contributed by atoms with van der Waals surface area (Å²) in [4.78, 5) is 4.02. The Labute approximate surface area is 76.8 Å². The largest absolute Gasteiger partial charge is 0.354 e. The third kappa shape index (κ3) is 1.46. The number of hydrogen-bond acceptors (Lipinski definition) is 1. The molecule has 1 heterocycles. The van der Waals surface area contributed by atoms with E-state index in [1.807, 2.05) is 22.9 Å². The molecule has 0 unspecified atom stereocenters. The van der Waals surface area contributed by atoms with Crippen LogP contribution >= 0.6 is 0 Å². The van der Waals surface area contributed by atoms with E-state index in [2.05, 4.69) is 22.9 Å². The monoisotopic (exact) mass is 174 g/mol. The maximum absolute atomic E-state index is 4.02. The molecule has 1 aromatic heterocycles. The highest BCUT2D eigenvalue weighted by atomic mass is 15.0. The van der Waals surface area contributed by atoms with Gasteiger partial charge in [0.2, 0.25) is 0 Å². The van der Waals surface area contributed by atoms with Gasteiger partial charge in [0.05, 0.1) is 12.0 Å². The first-order chi connectivity index (χ1) is 6.42. The van der Waals surface area contributed by atoms with E-state index in [1.165, 1.54) is 5.56 Å². The Morgan fingerprint density at radius 2 is 2.15 bits per heavy atom. The lowest BCUT2D eigenvalue weighted by Crippen LogP contribution is -2.47. The maximum Gasteiger partial charge on any atom is 0.102 e. The van der Waals surface area contributed by atoms with Crippen LogP contribution in [0.5, 0.6) is 0 Å². The summed E-state index contributed by atoms with van der Waals surface area (Å²) >= 11 is 0. The minimum Gasteiger partial charge on any atom is -0.354 e. The number of benzene rings is 1. The molecule has 13 heavy (non-hydrogen) atoms. The van der Waals surface area contributed by atoms with Gasteiger partial charge in [0.15, 0.2) is 0 Å². The van der Waals surface area contributed by atoms with Crippen LogP contribution < -0.4 is 5.73 Å². The third-order valence-electron chi connectivity index (χ3n) is 2.04. The lowest BCUT2D eigenvalue weighted by atomic mass is 10.2. The first-order valence-electron chi connectivity index (χ1n) is 4.27. The molecule has 0 bridgehead atoms. The number of aromatic nitrogens is 2. The summed E-state index contributed by atoms with van der Waals surface area (Å²) in [6.07, 6.45) is 5.52. The summed E-state index contributed by atoms with van der Waals surface area (Å²) in [5.74, 6) is 0. The molecule has 0 atom stereocenters. The van der Waals surface area contributed by atoms with Crippen LogP contribution in [0.25, 0.3) is 5.69 Å². The Balaban J connectivity index is 2.51. The number of hydrogen-bond donors (Lipinski definition) is 1. The van der Waals surface area contributed by atoms with Crippen LogP contribution in [0.3, 0.4) is 0 Å². The van der Waals surface area contributed by atoms with Crippen LogP contribution in [0.2, 0.25) is 0 Å². The van der Waals surface area contributed by atoms with E-state index in [9.17, 15) is 0 Å². The number of rotatable bonds is 2. The Kier molecular flexibility index (Phi) is 2.10. The molecule has 0 radical (unpaired) electrons. The van der Waals surface area contributed by atoms with Gasteiger partial charge >= 0.3 is 0 Å². The molecule has 66 valence electrons. The standard InChI is InChI=1S/C10H11N3/c11-7-9-3-1-2-4-10(9)13-6-5-12-8-13/h1-6,8H,7,11H2/p+1. The van der Waals surface area contributed by atoms with Crippen molar-refractivity contribution in [2.75, 3.05) is 0 Å². The number of quaternary nitrogens is 1. The van der Waals surface area contributed by atoms with Gasteiger partial charge < -0.3 is 10.3 Å². The van der Waals surface area contributed by atoms with Crippen LogP contribution in [-0.4, -0.2) is 9.55 Å². The zero-order valence-corrected chi connectivity index (χ0v) is 7.35. The van der Waals surface area contributed by atoms with Gasteiger partial charge in [-0.1, -0.05) is 18.2 Å². The fourth-order valence-electron chi connectivity index (χ4n) is 1.38. The van der Waals surface area contributed by atoms with Crippen LogP contribution in [-0.2, 0) is 6.54 Å². The molecule has 0 saturated heterocycles. The summed E-state index contributed by atoms with van der Waals surface area (Å²) in [7, 11) is 0. The molecule has 3 heteroatoms. The molecule has 0 aliphatic heterocycles. The Morgan fingerprint density at radius 3 is 2.85 bits per heavy atom. The van der Waals surface area contributed by atoms with Crippen molar-refractivity contribution < 1.29 is 5.73 Å². The van der Waals surface area contributed by atoms with E-state index in [0.717, 1.165) is 12.2 Å². The summed E-state index contributed by atoms with van der Waals surface area (Å²) in [6.45, 7) is 0.800. The van der Waals surface area contributed by atoms with Crippen molar-refractivity contribution in [3.05, 3.63) is 48.5 Å². The second-order valence-electron chi connectivity index (χ2n) is 2.85. The number of imidazole rings is 1. The Morgan fingerprint density at radius 1 is 1.31 bits per heavy atom. The highest BCUT2D eigenvalue weighted by Gasteiger charge is 2.01. The molecule has 2 aromatic rings. The van der Waals surface area contributed by atoms with Gasteiger partial charge in [-0.25, -0.2) is 4.98 Å². The van der Waals surface area contributed by atoms with Gasteiger partial charge in [0, 0.05) is 18.0 Å². The van der Waals surface area contributed by atoms with Crippen molar-refractivity contribution in [3.63, 3.8) is 0 Å². The van der Waals surface area contributed by atoms with Gasteiger partial charge in [-0.3, -0.25) is 0 Å². The van der Waals surface area contributed by atoms with Crippen LogP contribution in [0.4, 0.5) is 0 Å². The Hall–Kier alpha value is -1.61. The zero-order chi connectivity index (χ0) is 9.10. The van der Waals surface area contributed by atoms with Crippen molar-refractivity contribution in [2.45, 2.75) is 6.54 Å². The van der Waals surface area contributed by atoms with Gasteiger partial charge in [-0.05, 0) is 6.07 Å². The van der Waals surface area contributed by atoms with Gasteiger partial charge in [0.25, 0.3) is 0 Å². The molecular formula is C10H12N3+. The van der Waals surface area contributed by atoms with Crippen LogP contribution in [0.15, 0.2) is 43.0 Å². The molecule has 2 rings (SSSR count). The van der Waals surface area contributed by atoms with Crippen molar-refractivity contribution in [3.8, 4) is 5.69 Å². The highest BCUT2D eigenvalue weighted by molar-refractivity contribution is 5.40. The first-order valence-corrected chi connectivity index (χ1v) is 4.27. The SMILES string of the molecule is [NH3+]Cc1ccccc1-n1ccnc1. The molecule has 0 fully saturated rings. The molecule has 0 saturated carbocycles. The fraction of sp³-hybridized carbons (Fsp3) is 0.100. The fourth-order valence-corrected chi connectivity index (χ4v) is 1.38. The molecule has 1 aromatic carbocycles. The van der Waals surface area contributed by atoms with E-state index in [0.29, 0.717) is 0 Å². The van der Waals surface area contributed by atoms with E-state index in [4.69, 9.17) is 0 Å². The smallest absolute Gasteiger partial charge is 0.102 e. The van der Waals surface area contributed by atoms with Crippen molar-refractivity contribution in [1.82, 2.24) is 9.55 Å². The van der Waals surface area contributed by atoms with E-state index >= 15 is 0 Å². The summed E-state index contributed by atoms with van der Waals surface area (Å²) in [5.41, 5.74) is 6.29. The minimum absolute atomic E-state index is 0.800. The second kappa shape index (κ2) is 3.41. The predicted octanol–water partition coefficient (Wildman–Crippen LogP) is 0.614. The van der Waals surface area contributed by atoms with E-state index in [1.54, 1.807) is 12.5 Å². The van der Waals surface area contributed by atoms with Gasteiger partial charge in [-0.15, -0.1) is 0 Å².